The van der Waals surface area contributed by atoms with E-state index in [0.29, 0.717) is 0 Å². The Morgan fingerprint density at radius 1 is 1.47 bits per heavy atom. The molecule has 0 aromatic heterocycles. The van der Waals surface area contributed by atoms with Gasteiger partial charge in [0.2, 0.25) is 5.71 Å². The third kappa shape index (κ3) is 4.95. The van der Waals surface area contributed by atoms with Crippen molar-refractivity contribution >= 4 is 40.7 Å². The molecule has 5 nitrogen and oxygen atoms in total. The Labute approximate surface area is 96.8 Å². The molecule has 2 amide bonds. The molecule has 0 saturated heterocycles. The first-order valence-electron chi connectivity index (χ1n) is 3.59. The van der Waals surface area contributed by atoms with Crippen molar-refractivity contribution in [3.05, 3.63) is 0 Å². The van der Waals surface area contributed by atoms with Crippen LogP contribution in [0.3, 0.4) is 0 Å². The standard InChI is InChI=1S/C6H6F3IN2O3/c1-2-11-5(14)12-3(4(13)15-10)6(7,8)9/h2H2,1H3,(H,11,14). The van der Waals surface area contributed by atoms with Crippen molar-refractivity contribution < 1.29 is 25.8 Å². The molecule has 0 radical (unpaired) electrons. The van der Waals surface area contributed by atoms with Crippen LogP contribution in [0.1, 0.15) is 6.92 Å². The maximum absolute atomic E-state index is 12.1. The molecule has 0 saturated carbocycles. The van der Waals surface area contributed by atoms with Gasteiger partial charge in [0, 0.05) is 6.54 Å². The average Bonchev–Trinajstić information content (AvgIpc) is 2.12. The lowest BCUT2D eigenvalue weighted by atomic mass is 10.4. The number of halogens is 4. The van der Waals surface area contributed by atoms with Gasteiger partial charge in [-0.25, -0.2) is 9.59 Å². The number of urea groups is 1. The van der Waals surface area contributed by atoms with Crippen LogP contribution >= 0.6 is 23.0 Å². The summed E-state index contributed by atoms with van der Waals surface area (Å²) in [4.78, 5) is 23.9. The molecule has 0 aromatic rings. The summed E-state index contributed by atoms with van der Waals surface area (Å²) in [5.41, 5.74) is -1.89. The van der Waals surface area contributed by atoms with Crippen LogP contribution in [0.25, 0.3) is 0 Å². The van der Waals surface area contributed by atoms with E-state index in [1.54, 1.807) is 0 Å². The normalized spacial score (nSPS) is 12.2. The summed E-state index contributed by atoms with van der Waals surface area (Å²) < 4.78 is 40.2. The number of hydrogen-bond donors (Lipinski definition) is 1. The molecule has 0 bridgehead atoms. The predicted molar refractivity (Wildman–Crippen MR) is 52.7 cm³/mol. The zero-order valence-corrected chi connectivity index (χ0v) is 9.55. The predicted octanol–water partition coefficient (Wildman–Crippen LogP) is 1.61. The highest BCUT2D eigenvalue weighted by atomic mass is 127. The van der Waals surface area contributed by atoms with Gasteiger partial charge in [-0.1, -0.05) is 0 Å². The monoisotopic (exact) mass is 338 g/mol. The van der Waals surface area contributed by atoms with Gasteiger partial charge in [0.1, 0.15) is 0 Å². The number of hydrogen-bond acceptors (Lipinski definition) is 3. The van der Waals surface area contributed by atoms with Gasteiger partial charge in [-0.15, -0.1) is 0 Å². The number of alkyl halides is 3. The fourth-order valence-electron chi connectivity index (χ4n) is 0.554. The van der Waals surface area contributed by atoms with E-state index in [4.69, 9.17) is 0 Å². The number of amides is 2. The smallest absolute Gasteiger partial charge is 0.390 e. The van der Waals surface area contributed by atoms with E-state index in [2.05, 4.69) is 8.06 Å². The summed E-state index contributed by atoms with van der Waals surface area (Å²) in [5.74, 6) is -1.71. The minimum absolute atomic E-state index is 0.104. The van der Waals surface area contributed by atoms with Crippen molar-refractivity contribution in [1.82, 2.24) is 5.32 Å². The second-order valence-corrected chi connectivity index (χ2v) is 2.60. The number of aliphatic imine (C=N–C) groups is 1. The van der Waals surface area contributed by atoms with Crippen LogP contribution in [0, 0.1) is 0 Å². The molecule has 0 aliphatic carbocycles. The van der Waals surface area contributed by atoms with Gasteiger partial charge < -0.3 is 8.38 Å². The quantitative estimate of drug-likeness (QED) is 0.615. The third-order valence-corrected chi connectivity index (χ3v) is 1.47. The third-order valence-electron chi connectivity index (χ3n) is 1.07. The van der Waals surface area contributed by atoms with Crippen LogP contribution in [-0.4, -0.2) is 30.4 Å². The van der Waals surface area contributed by atoms with Crippen molar-refractivity contribution in [1.29, 1.82) is 0 Å². The van der Waals surface area contributed by atoms with Crippen LogP contribution < -0.4 is 5.32 Å². The minimum atomic E-state index is -5.02. The van der Waals surface area contributed by atoms with E-state index in [-0.39, 0.29) is 6.54 Å². The molecule has 0 spiro atoms. The molecule has 0 aliphatic rings. The van der Waals surface area contributed by atoms with Gasteiger partial charge in [-0.3, -0.25) is 0 Å². The van der Waals surface area contributed by atoms with Crippen molar-refractivity contribution in [2.24, 2.45) is 4.99 Å². The van der Waals surface area contributed by atoms with Gasteiger partial charge in [0.15, 0.2) is 23.0 Å². The summed E-state index contributed by atoms with van der Waals surface area (Å²) in [7, 11) is 0. The lowest BCUT2D eigenvalue weighted by molar-refractivity contribution is -0.128. The van der Waals surface area contributed by atoms with Gasteiger partial charge in [-0.2, -0.15) is 18.2 Å². The van der Waals surface area contributed by atoms with Gasteiger partial charge in [-0.05, 0) is 6.92 Å². The van der Waals surface area contributed by atoms with E-state index >= 15 is 0 Å². The molecule has 0 fully saturated rings. The molecule has 0 atom stereocenters. The zero-order valence-electron chi connectivity index (χ0n) is 7.39. The molecular weight excluding hydrogens is 332 g/mol. The largest absolute Gasteiger partial charge is 0.440 e. The van der Waals surface area contributed by atoms with Crippen molar-refractivity contribution in [3.8, 4) is 0 Å². The van der Waals surface area contributed by atoms with Crippen molar-refractivity contribution in [2.75, 3.05) is 6.54 Å². The highest BCUT2D eigenvalue weighted by Gasteiger charge is 2.42. The van der Waals surface area contributed by atoms with Crippen LogP contribution in [0.5, 0.6) is 0 Å². The Hall–Kier alpha value is -0.870. The van der Waals surface area contributed by atoms with Gasteiger partial charge >= 0.3 is 18.2 Å². The van der Waals surface area contributed by atoms with E-state index in [1.807, 2.05) is 5.32 Å². The Morgan fingerprint density at radius 3 is 2.33 bits per heavy atom. The molecule has 9 heteroatoms. The van der Waals surface area contributed by atoms with E-state index in [1.165, 1.54) is 6.92 Å². The Balaban J connectivity index is 4.95. The molecule has 0 aromatic carbocycles. The topological polar surface area (TPSA) is 67.8 Å². The Bertz CT molecular complexity index is 290. The average molecular weight is 338 g/mol. The van der Waals surface area contributed by atoms with Crippen LogP contribution in [-0.2, 0) is 7.86 Å². The molecule has 86 valence electrons. The first-order chi connectivity index (χ1) is 6.82. The zero-order chi connectivity index (χ0) is 12.1. The van der Waals surface area contributed by atoms with Gasteiger partial charge in [0.05, 0.1) is 0 Å². The maximum atomic E-state index is 12.1. The SMILES string of the molecule is CCNC(=O)N=C(C(=O)OI)C(F)(F)F. The summed E-state index contributed by atoms with van der Waals surface area (Å²) in [5, 5.41) is 1.99. The molecule has 0 heterocycles. The fraction of sp³-hybridized carbons (Fsp3) is 0.500. The molecule has 0 unspecified atom stereocenters. The van der Waals surface area contributed by atoms with E-state index in [9.17, 15) is 22.8 Å². The Morgan fingerprint density at radius 2 is 2.00 bits per heavy atom. The van der Waals surface area contributed by atoms with Gasteiger partial charge in [0.25, 0.3) is 0 Å². The first-order valence-corrected chi connectivity index (χ1v) is 4.47. The summed E-state index contributed by atoms with van der Waals surface area (Å²) in [6.45, 7) is 1.60. The molecule has 0 rings (SSSR count). The Kier molecular flexibility index (Phi) is 5.54. The maximum Gasteiger partial charge on any atom is 0.440 e. The van der Waals surface area contributed by atoms with Crippen molar-refractivity contribution in [3.63, 3.8) is 0 Å². The van der Waals surface area contributed by atoms with Crippen LogP contribution in [0.4, 0.5) is 18.0 Å². The molecular formula is C6H6F3IN2O3. The number of carbonyl (C=O) groups excluding carboxylic acids is 2. The number of carbonyl (C=O) groups is 2. The van der Waals surface area contributed by atoms with E-state index < -0.39 is 23.9 Å². The van der Waals surface area contributed by atoms with Crippen LogP contribution in [0.2, 0.25) is 0 Å². The van der Waals surface area contributed by atoms with E-state index in [0.717, 1.165) is 23.0 Å². The molecule has 0 aliphatic heterocycles. The summed E-state index contributed by atoms with van der Waals surface area (Å²) in [6.07, 6.45) is -5.02. The van der Waals surface area contributed by atoms with Crippen LogP contribution in [0.15, 0.2) is 4.99 Å². The summed E-state index contributed by atoms with van der Waals surface area (Å²) in [6, 6.07) is -1.24. The molecule has 1 N–H and O–H groups in total. The van der Waals surface area contributed by atoms with Crippen molar-refractivity contribution in [2.45, 2.75) is 13.1 Å². The fourth-order valence-corrected chi connectivity index (χ4v) is 0.762. The molecule has 15 heavy (non-hydrogen) atoms. The lowest BCUT2D eigenvalue weighted by Crippen LogP contribution is -2.34. The summed E-state index contributed by atoms with van der Waals surface area (Å²) >= 11 is 0.975. The first kappa shape index (κ1) is 14.1. The number of rotatable bonds is 2. The highest BCUT2D eigenvalue weighted by molar-refractivity contribution is 14.1. The lowest BCUT2D eigenvalue weighted by Gasteiger charge is -2.06. The minimum Gasteiger partial charge on any atom is -0.390 e. The highest BCUT2D eigenvalue weighted by Crippen LogP contribution is 2.19. The number of nitrogens with one attached hydrogen (secondary N) is 1. The second-order valence-electron chi connectivity index (χ2n) is 2.16. The number of nitrogens with zero attached hydrogens (tertiary/aromatic N) is 1. The second kappa shape index (κ2) is 5.88.